The standard InChI is InChI=1S/C15H10ClN3OS/c16-12-6-4-11(5-7-12)14(20)19-15(21)18-13-3-1-2-10(8-13)9-17/h1-8H,(H2,18,19,20,21). The number of anilines is 1. The van der Waals surface area contributed by atoms with Gasteiger partial charge in [0.25, 0.3) is 5.91 Å². The van der Waals surface area contributed by atoms with E-state index in [1.165, 1.54) is 0 Å². The second kappa shape index (κ2) is 6.84. The molecule has 2 N–H and O–H groups in total. The Bertz CT molecular complexity index is 722. The number of nitrogens with one attached hydrogen (secondary N) is 2. The first-order valence-corrected chi connectivity index (χ1v) is 6.75. The Morgan fingerprint density at radius 3 is 2.57 bits per heavy atom. The van der Waals surface area contributed by atoms with Crippen LogP contribution in [0.15, 0.2) is 48.5 Å². The average Bonchev–Trinajstić information content (AvgIpc) is 2.47. The Morgan fingerprint density at radius 2 is 1.90 bits per heavy atom. The number of halogens is 1. The Morgan fingerprint density at radius 1 is 1.19 bits per heavy atom. The van der Waals surface area contributed by atoms with Crippen LogP contribution in [0.25, 0.3) is 0 Å². The number of hydrogen-bond donors (Lipinski definition) is 2. The highest BCUT2D eigenvalue weighted by atomic mass is 35.5. The zero-order chi connectivity index (χ0) is 15.2. The zero-order valence-corrected chi connectivity index (χ0v) is 12.3. The molecule has 0 aromatic heterocycles. The first kappa shape index (κ1) is 15.0. The van der Waals surface area contributed by atoms with Crippen molar-refractivity contribution in [3.8, 4) is 6.07 Å². The first-order chi connectivity index (χ1) is 10.1. The van der Waals surface area contributed by atoms with Crippen molar-refractivity contribution < 1.29 is 4.79 Å². The third kappa shape index (κ3) is 4.28. The second-order valence-electron chi connectivity index (χ2n) is 4.11. The van der Waals surface area contributed by atoms with Gasteiger partial charge in [-0.15, -0.1) is 0 Å². The molecule has 0 saturated heterocycles. The molecular weight excluding hydrogens is 306 g/mol. The van der Waals surface area contributed by atoms with Crippen LogP contribution < -0.4 is 10.6 Å². The lowest BCUT2D eigenvalue weighted by atomic mass is 10.2. The molecule has 0 aliphatic carbocycles. The number of carbonyl (C=O) groups is 1. The fourth-order valence-corrected chi connectivity index (χ4v) is 1.94. The number of nitrogens with zero attached hydrogens (tertiary/aromatic N) is 1. The van der Waals surface area contributed by atoms with E-state index in [2.05, 4.69) is 10.6 Å². The van der Waals surface area contributed by atoms with Crippen LogP contribution in [0.5, 0.6) is 0 Å². The molecule has 0 unspecified atom stereocenters. The van der Waals surface area contributed by atoms with Crippen LogP contribution in [0.4, 0.5) is 5.69 Å². The lowest BCUT2D eigenvalue weighted by Gasteiger charge is -2.09. The minimum atomic E-state index is -0.333. The summed E-state index contributed by atoms with van der Waals surface area (Å²) in [6.45, 7) is 0. The van der Waals surface area contributed by atoms with Crippen LogP contribution in [-0.4, -0.2) is 11.0 Å². The maximum absolute atomic E-state index is 11.9. The number of hydrogen-bond acceptors (Lipinski definition) is 3. The van der Waals surface area contributed by atoms with E-state index in [1.54, 1.807) is 48.5 Å². The summed E-state index contributed by atoms with van der Waals surface area (Å²) < 4.78 is 0. The molecule has 0 spiro atoms. The lowest BCUT2D eigenvalue weighted by molar-refractivity contribution is 0.0978. The van der Waals surface area contributed by atoms with Gasteiger partial charge in [-0.3, -0.25) is 10.1 Å². The van der Waals surface area contributed by atoms with Crippen molar-refractivity contribution in [3.05, 3.63) is 64.7 Å². The molecule has 4 nitrogen and oxygen atoms in total. The molecular formula is C15H10ClN3OS. The van der Waals surface area contributed by atoms with E-state index in [0.717, 1.165) is 0 Å². The topological polar surface area (TPSA) is 64.9 Å². The molecule has 2 rings (SSSR count). The van der Waals surface area contributed by atoms with Gasteiger partial charge in [-0.2, -0.15) is 5.26 Å². The van der Waals surface area contributed by atoms with Gasteiger partial charge in [0.15, 0.2) is 5.11 Å². The molecule has 2 aromatic carbocycles. The van der Waals surface area contributed by atoms with Gasteiger partial charge in [0, 0.05) is 16.3 Å². The van der Waals surface area contributed by atoms with E-state index in [0.29, 0.717) is 21.8 Å². The molecule has 0 atom stereocenters. The van der Waals surface area contributed by atoms with E-state index in [9.17, 15) is 4.79 Å². The lowest BCUT2D eigenvalue weighted by Crippen LogP contribution is -2.34. The molecule has 0 saturated carbocycles. The van der Waals surface area contributed by atoms with Crippen molar-refractivity contribution in [1.29, 1.82) is 5.26 Å². The van der Waals surface area contributed by atoms with Crippen LogP contribution in [0.2, 0.25) is 5.02 Å². The summed E-state index contributed by atoms with van der Waals surface area (Å²) in [4.78, 5) is 11.9. The number of rotatable bonds is 2. The van der Waals surface area contributed by atoms with Gasteiger partial charge in [0.2, 0.25) is 0 Å². The molecule has 0 bridgehead atoms. The van der Waals surface area contributed by atoms with Gasteiger partial charge in [0.05, 0.1) is 11.6 Å². The average molecular weight is 316 g/mol. The van der Waals surface area contributed by atoms with Gasteiger partial charge in [-0.25, -0.2) is 0 Å². The Labute approximate surface area is 132 Å². The Balaban J connectivity index is 1.99. The largest absolute Gasteiger partial charge is 0.332 e. The maximum atomic E-state index is 11.9. The minimum absolute atomic E-state index is 0.157. The van der Waals surface area contributed by atoms with Gasteiger partial charge >= 0.3 is 0 Å². The Kier molecular flexibility index (Phi) is 4.88. The number of nitriles is 1. The van der Waals surface area contributed by atoms with Crippen molar-refractivity contribution in [1.82, 2.24) is 5.32 Å². The molecule has 0 fully saturated rings. The molecule has 0 aliphatic rings. The van der Waals surface area contributed by atoms with E-state index < -0.39 is 0 Å². The monoisotopic (exact) mass is 315 g/mol. The minimum Gasteiger partial charge on any atom is -0.332 e. The van der Waals surface area contributed by atoms with Crippen molar-refractivity contribution in [2.75, 3.05) is 5.32 Å². The van der Waals surface area contributed by atoms with Gasteiger partial charge < -0.3 is 5.32 Å². The molecule has 104 valence electrons. The summed E-state index contributed by atoms with van der Waals surface area (Å²) in [7, 11) is 0. The van der Waals surface area contributed by atoms with Crippen molar-refractivity contribution in [3.63, 3.8) is 0 Å². The Hall–Kier alpha value is -2.42. The summed E-state index contributed by atoms with van der Waals surface area (Å²) in [5.74, 6) is -0.333. The molecule has 0 radical (unpaired) electrons. The highest BCUT2D eigenvalue weighted by molar-refractivity contribution is 7.80. The van der Waals surface area contributed by atoms with Gasteiger partial charge in [0.1, 0.15) is 0 Å². The predicted molar refractivity (Wildman–Crippen MR) is 86.3 cm³/mol. The van der Waals surface area contributed by atoms with Crippen LogP contribution in [0.3, 0.4) is 0 Å². The van der Waals surface area contributed by atoms with Crippen LogP contribution in [0.1, 0.15) is 15.9 Å². The highest BCUT2D eigenvalue weighted by Gasteiger charge is 2.07. The predicted octanol–water partition coefficient (Wildman–Crippen LogP) is 3.34. The third-order valence-corrected chi connectivity index (χ3v) is 3.04. The molecule has 0 aliphatic heterocycles. The van der Waals surface area contributed by atoms with Crippen LogP contribution in [-0.2, 0) is 0 Å². The van der Waals surface area contributed by atoms with E-state index in [4.69, 9.17) is 29.1 Å². The zero-order valence-electron chi connectivity index (χ0n) is 10.8. The summed E-state index contributed by atoms with van der Waals surface area (Å²) in [5.41, 5.74) is 1.59. The summed E-state index contributed by atoms with van der Waals surface area (Å²) in [6.07, 6.45) is 0. The fraction of sp³-hybridized carbons (Fsp3) is 0. The quantitative estimate of drug-likeness (QED) is 0.834. The second-order valence-corrected chi connectivity index (χ2v) is 4.95. The fourth-order valence-electron chi connectivity index (χ4n) is 1.61. The van der Waals surface area contributed by atoms with Crippen LogP contribution >= 0.6 is 23.8 Å². The molecule has 2 aromatic rings. The van der Waals surface area contributed by atoms with Crippen molar-refractivity contribution in [2.24, 2.45) is 0 Å². The van der Waals surface area contributed by atoms with E-state index in [-0.39, 0.29) is 11.0 Å². The van der Waals surface area contributed by atoms with Crippen LogP contribution in [0, 0.1) is 11.3 Å². The molecule has 0 heterocycles. The summed E-state index contributed by atoms with van der Waals surface area (Å²) in [5, 5.41) is 14.9. The summed E-state index contributed by atoms with van der Waals surface area (Å²) >= 11 is 10.8. The molecule has 21 heavy (non-hydrogen) atoms. The number of amides is 1. The molecule has 1 amide bonds. The SMILES string of the molecule is N#Cc1cccc(NC(=S)NC(=O)c2ccc(Cl)cc2)c1. The third-order valence-electron chi connectivity index (χ3n) is 2.58. The van der Waals surface area contributed by atoms with Gasteiger partial charge in [-0.05, 0) is 54.7 Å². The molecule has 6 heteroatoms. The number of thiocarbonyl (C=S) groups is 1. The van der Waals surface area contributed by atoms with Crippen molar-refractivity contribution >= 4 is 40.5 Å². The highest BCUT2D eigenvalue weighted by Crippen LogP contribution is 2.11. The van der Waals surface area contributed by atoms with Gasteiger partial charge in [-0.1, -0.05) is 17.7 Å². The first-order valence-electron chi connectivity index (χ1n) is 5.96. The van der Waals surface area contributed by atoms with E-state index in [1.807, 2.05) is 6.07 Å². The maximum Gasteiger partial charge on any atom is 0.257 e. The van der Waals surface area contributed by atoms with E-state index >= 15 is 0 Å². The normalized spacial score (nSPS) is 9.52. The number of benzene rings is 2. The summed E-state index contributed by atoms with van der Waals surface area (Å²) in [6, 6.07) is 15.3. The number of carbonyl (C=O) groups excluding carboxylic acids is 1. The smallest absolute Gasteiger partial charge is 0.257 e. The van der Waals surface area contributed by atoms with Crippen molar-refractivity contribution in [2.45, 2.75) is 0 Å².